The molecule has 464 valence electrons. The molecule has 1 fully saturated rings. The molecule has 0 amide bonds. The molecule has 1 saturated heterocycles. The molecule has 1 aliphatic heterocycles. The number of carbonyl (C=O) groups is 3. The van der Waals surface area contributed by atoms with E-state index >= 15 is 0 Å². The van der Waals surface area contributed by atoms with Crippen LogP contribution in [0.5, 0.6) is 0 Å². The summed E-state index contributed by atoms with van der Waals surface area (Å²) in [5.74, 6) is 0.503. The van der Waals surface area contributed by atoms with Gasteiger partial charge >= 0.3 is 11.9 Å². The lowest BCUT2D eigenvalue weighted by Crippen LogP contribution is -2.37. The van der Waals surface area contributed by atoms with Gasteiger partial charge in [0.2, 0.25) is 0 Å². The van der Waals surface area contributed by atoms with Gasteiger partial charge in [-0.1, -0.05) is 226 Å². The van der Waals surface area contributed by atoms with Crippen molar-refractivity contribution in [3.05, 3.63) is 24.3 Å². The zero-order chi connectivity index (χ0) is 58.1. The highest BCUT2D eigenvalue weighted by molar-refractivity contribution is 5.69. The molecule has 1 heterocycles. The molecule has 1 rings (SSSR count). The summed E-state index contributed by atoms with van der Waals surface area (Å²) in [5.41, 5.74) is 2.33. The first kappa shape index (κ1) is 74.9. The van der Waals surface area contributed by atoms with Crippen LogP contribution in [0.4, 0.5) is 0 Å². The lowest BCUT2D eigenvalue weighted by molar-refractivity contribution is -0.145. The Morgan fingerprint density at radius 2 is 1.06 bits per heavy atom. The van der Waals surface area contributed by atoms with Crippen LogP contribution in [0.3, 0.4) is 0 Å². The second-order valence-corrected chi connectivity index (χ2v) is 25.0. The van der Waals surface area contributed by atoms with E-state index in [1.165, 1.54) is 128 Å². The van der Waals surface area contributed by atoms with Crippen LogP contribution in [-0.2, 0) is 23.9 Å². The number of likely N-dealkylation sites (tertiary alicyclic amines) is 1. The molecule has 0 spiro atoms. The van der Waals surface area contributed by atoms with E-state index in [2.05, 4.69) is 64.5 Å². The van der Waals surface area contributed by atoms with E-state index in [0.29, 0.717) is 76.4 Å². The van der Waals surface area contributed by atoms with Gasteiger partial charge in [-0.05, 0) is 115 Å². The average Bonchev–Trinajstić information content (AvgIpc) is 3.53. The lowest BCUT2D eigenvalue weighted by atomic mass is 9.84. The van der Waals surface area contributed by atoms with Crippen molar-refractivity contribution in [2.75, 3.05) is 45.9 Å². The van der Waals surface area contributed by atoms with Crippen LogP contribution in [0.15, 0.2) is 24.3 Å². The molecule has 0 aromatic carbocycles. The van der Waals surface area contributed by atoms with Crippen LogP contribution in [0.25, 0.3) is 0 Å². The molecular weight excluding hydrogens is 985 g/mol. The molecule has 0 aliphatic carbocycles. The zero-order valence-corrected chi connectivity index (χ0v) is 52.8. The van der Waals surface area contributed by atoms with Crippen LogP contribution in [0, 0.1) is 23.7 Å². The maximum Gasteiger partial charge on any atom is 0.305 e. The van der Waals surface area contributed by atoms with E-state index in [9.17, 15) is 29.7 Å². The van der Waals surface area contributed by atoms with Gasteiger partial charge in [-0.3, -0.25) is 14.5 Å². The summed E-state index contributed by atoms with van der Waals surface area (Å²) in [5, 5.41) is 33.0. The quantitative estimate of drug-likeness (QED) is 0.0234. The van der Waals surface area contributed by atoms with Crippen molar-refractivity contribution >= 4 is 18.2 Å². The van der Waals surface area contributed by atoms with Crippen molar-refractivity contribution in [1.82, 2.24) is 9.80 Å². The number of ether oxygens (including phenoxy) is 2. The number of nitrogens with zero attached hydrogens (tertiary/aromatic N) is 2. The molecule has 8 unspecified atom stereocenters. The first-order valence-corrected chi connectivity index (χ1v) is 33.9. The van der Waals surface area contributed by atoms with E-state index in [0.717, 1.165) is 141 Å². The number of carbonyl (C=O) groups excluding carboxylic acids is 3. The van der Waals surface area contributed by atoms with Crippen LogP contribution < -0.4 is 0 Å². The Balaban J connectivity index is 2.52. The Morgan fingerprint density at radius 1 is 0.595 bits per heavy atom. The highest BCUT2D eigenvalue weighted by atomic mass is 16.5. The standard InChI is InChI=1S/C69H130N2O8/c1-9-13-17-21-25-30-39-62(57-72)55-70(56-67(75)44-34-28-24-20-16-12-4)47-37-36-46-68(76)78-49-38-41-64-52-60(7)71(54-59(6)61(64)8)48-50-79-69(77)45-35-29-31-40-63(53-66(74)43-33-27-23-19-15-11-3)58(5)51-65(73)42-32-26-22-18-14-10-2/h57,59-60,62-67,73-75H,5,8-56H2,1-4,6-7H3. The fraction of sp³-hybridized carbons (Fsp3) is 0.899. The van der Waals surface area contributed by atoms with Crippen molar-refractivity contribution in [2.24, 2.45) is 23.7 Å². The monoisotopic (exact) mass is 1110 g/mol. The number of esters is 2. The summed E-state index contributed by atoms with van der Waals surface area (Å²) in [6, 6.07) is 0.310. The fourth-order valence-electron chi connectivity index (χ4n) is 12.1. The largest absolute Gasteiger partial charge is 0.466 e. The SMILES string of the molecule is C=C(CC(O)CCCCCCCC)C(CCCCCC(=O)OCCN1CC(C)C(=C)C(CCCOC(=O)CCCCN(CC(O)CCCCCCCC)CC(C=O)CCCCCCCC)CC1C)CC(O)CCCCCCCC. The third-order valence-electron chi connectivity index (χ3n) is 17.4. The Hall–Kier alpha value is -2.11. The van der Waals surface area contributed by atoms with Crippen molar-refractivity contribution in [3.63, 3.8) is 0 Å². The van der Waals surface area contributed by atoms with E-state index in [1.807, 2.05) is 0 Å². The minimum atomic E-state index is -0.400. The van der Waals surface area contributed by atoms with Crippen molar-refractivity contribution in [2.45, 2.75) is 329 Å². The van der Waals surface area contributed by atoms with Gasteiger partial charge in [-0.25, -0.2) is 0 Å². The van der Waals surface area contributed by atoms with Crippen molar-refractivity contribution < 1.29 is 39.2 Å². The summed E-state index contributed by atoms with van der Waals surface area (Å²) in [6.07, 6.45) is 42.2. The molecule has 8 atom stereocenters. The smallest absolute Gasteiger partial charge is 0.305 e. The van der Waals surface area contributed by atoms with Gasteiger partial charge in [0.1, 0.15) is 12.9 Å². The van der Waals surface area contributed by atoms with Gasteiger partial charge in [0.05, 0.1) is 24.9 Å². The third kappa shape index (κ3) is 41.5. The topological polar surface area (TPSA) is 137 Å². The van der Waals surface area contributed by atoms with Gasteiger partial charge in [-0.15, -0.1) is 0 Å². The Morgan fingerprint density at radius 3 is 1.62 bits per heavy atom. The molecule has 0 aromatic rings. The zero-order valence-electron chi connectivity index (χ0n) is 52.8. The minimum absolute atomic E-state index is 0.0247. The maximum atomic E-state index is 12.9. The normalized spacial score (nSPS) is 18.1. The maximum absolute atomic E-state index is 12.9. The molecule has 0 radical (unpaired) electrons. The van der Waals surface area contributed by atoms with E-state index < -0.39 is 6.10 Å². The number of aliphatic hydroxyl groups excluding tert-OH is 3. The van der Waals surface area contributed by atoms with Crippen molar-refractivity contribution in [3.8, 4) is 0 Å². The second kappa shape index (κ2) is 51.5. The van der Waals surface area contributed by atoms with Gasteiger partial charge < -0.3 is 34.5 Å². The molecule has 0 bridgehead atoms. The number of aldehydes is 1. The van der Waals surface area contributed by atoms with Crippen LogP contribution >= 0.6 is 0 Å². The Labute approximate surface area is 488 Å². The second-order valence-electron chi connectivity index (χ2n) is 25.0. The molecule has 3 N–H and O–H groups in total. The summed E-state index contributed by atoms with van der Waals surface area (Å²) in [6.45, 7) is 26.8. The van der Waals surface area contributed by atoms with Gasteiger partial charge in [0, 0.05) is 51.0 Å². The van der Waals surface area contributed by atoms with Gasteiger partial charge in [0.25, 0.3) is 0 Å². The number of hydrogen-bond acceptors (Lipinski definition) is 10. The molecule has 0 saturated carbocycles. The molecule has 10 nitrogen and oxygen atoms in total. The summed E-state index contributed by atoms with van der Waals surface area (Å²) >= 11 is 0. The number of hydrogen-bond donors (Lipinski definition) is 3. The van der Waals surface area contributed by atoms with Crippen molar-refractivity contribution in [1.29, 1.82) is 0 Å². The number of aliphatic hydroxyl groups is 3. The summed E-state index contributed by atoms with van der Waals surface area (Å²) in [7, 11) is 0. The molecule has 10 heteroatoms. The summed E-state index contributed by atoms with van der Waals surface area (Å²) in [4.78, 5) is 42.7. The average molecular weight is 1120 g/mol. The molecule has 1 aliphatic rings. The lowest BCUT2D eigenvalue weighted by Gasteiger charge is -2.28. The van der Waals surface area contributed by atoms with Crippen LogP contribution in [-0.4, -0.2) is 114 Å². The molecular formula is C69H130N2O8. The molecule has 79 heavy (non-hydrogen) atoms. The van der Waals surface area contributed by atoms with E-state index in [-0.39, 0.29) is 36.0 Å². The Kier molecular flexibility index (Phi) is 48.9. The predicted molar refractivity (Wildman–Crippen MR) is 333 cm³/mol. The van der Waals surface area contributed by atoms with E-state index in [4.69, 9.17) is 9.47 Å². The Bertz CT molecular complexity index is 1480. The third-order valence-corrected chi connectivity index (χ3v) is 17.4. The van der Waals surface area contributed by atoms with Gasteiger partial charge in [-0.2, -0.15) is 0 Å². The highest BCUT2D eigenvalue weighted by Crippen LogP contribution is 2.33. The predicted octanol–water partition coefficient (Wildman–Crippen LogP) is 17.0. The number of rotatable bonds is 56. The summed E-state index contributed by atoms with van der Waals surface area (Å²) < 4.78 is 11.5. The number of unbranched alkanes of at least 4 members (excludes halogenated alkanes) is 23. The van der Waals surface area contributed by atoms with Crippen LogP contribution in [0.2, 0.25) is 0 Å². The first-order valence-electron chi connectivity index (χ1n) is 33.9. The highest BCUT2D eigenvalue weighted by Gasteiger charge is 2.30. The van der Waals surface area contributed by atoms with E-state index in [1.54, 1.807) is 0 Å². The van der Waals surface area contributed by atoms with Crippen LogP contribution in [0.1, 0.15) is 305 Å². The molecule has 0 aromatic heterocycles. The van der Waals surface area contributed by atoms with Gasteiger partial charge in [0.15, 0.2) is 0 Å². The fourth-order valence-corrected chi connectivity index (χ4v) is 12.1. The minimum Gasteiger partial charge on any atom is -0.466 e. The first-order chi connectivity index (χ1) is 38.3.